The van der Waals surface area contributed by atoms with Crippen LogP contribution in [0.3, 0.4) is 0 Å². The lowest BCUT2D eigenvalue weighted by Crippen LogP contribution is -2.50. The average molecular weight is 405 g/mol. The van der Waals surface area contributed by atoms with Gasteiger partial charge in [-0.05, 0) is 0 Å². The van der Waals surface area contributed by atoms with Gasteiger partial charge in [0.15, 0.2) is 0 Å². The van der Waals surface area contributed by atoms with E-state index in [0.717, 1.165) is 0 Å². The summed E-state index contributed by atoms with van der Waals surface area (Å²) in [6, 6.07) is 0. The second-order valence-electron chi connectivity index (χ2n) is 6.88. The molecule has 1 rings (SSSR count). The second kappa shape index (κ2) is 12.6. The van der Waals surface area contributed by atoms with Gasteiger partial charge in [0, 0.05) is 58.9 Å². The van der Waals surface area contributed by atoms with Crippen LogP contribution in [-0.4, -0.2) is 143 Å². The Labute approximate surface area is 163 Å². The Bertz CT molecular complexity index is 488. The number of hydrogen-bond acceptors (Lipinski definition) is 9. The van der Waals surface area contributed by atoms with Crippen molar-refractivity contribution in [1.82, 2.24) is 19.6 Å². The molecular weight excluding hydrogens is 374 g/mol. The zero-order valence-electron chi connectivity index (χ0n) is 15.9. The highest BCUT2D eigenvalue weighted by molar-refractivity contribution is 5.69. The predicted molar refractivity (Wildman–Crippen MR) is 98.9 cm³/mol. The van der Waals surface area contributed by atoms with E-state index in [1.807, 2.05) is 4.90 Å². The van der Waals surface area contributed by atoms with Gasteiger partial charge in [-0.1, -0.05) is 0 Å². The molecule has 0 saturated carbocycles. The van der Waals surface area contributed by atoms with Crippen molar-refractivity contribution in [2.24, 2.45) is 5.73 Å². The summed E-state index contributed by atoms with van der Waals surface area (Å²) in [6.07, 6.45) is -1.06. The third kappa shape index (κ3) is 11.1. The van der Waals surface area contributed by atoms with Crippen LogP contribution in [0.1, 0.15) is 0 Å². The molecular formula is C16H31N5O7. The minimum Gasteiger partial charge on any atom is -0.480 e. The van der Waals surface area contributed by atoms with Crippen LogP contribution in [-0.2, 0) is 14.4 Å². The van der Waals surface area contributed by atoms with Crippen LogP contribution in [0.15, 0.2) is 0 Å². The van der Waals surface area contributed by atoms with Crippen LogP contribution in [0, 0.1) is 0 Å². The first-order chi connectivity index (χ1) is 13.2. The quantitative estimate of drug-likeness (QED) is 0.256. The smallest absolute Gasteiger partial charge is 0.317 e. The molecule has 0 bridgehead atoms. The standard InChI is InChI=1S/C16H31N5O7/c17-13(22)9-18-1-3-19(10-14(23)24)5-7-21(12-16(27)28)8-6-20(4-2-18)11-15(25)26/h13,22H,1-12,17H2,(H,23,24)(H,25,26)(H,27,28). The number of rotatable bonds is 8. The second-order valence-corrected chi connectivity index (χ2v) is 6.88. The highest BCUT2D eigenvalue weighted by Gasteiger charge is 2.20. The van der Waals surface area contributed by atoms with Crippen LogP contribution >= 0.6 is 0 Å². The molecule has 0 aromatic carbocycles. The van der Waals surface area contributed by atoms with Crippen molar-refractivity contribution < 1.29 is 34.8 Å². The average Bonchev–Trinajstić information content (AvgIpc) is 2.55. The van der Waals surface area contributed by atoms with E-state index < -0.39 is 24.1 Å². The lowest BCUT2D eigenvalue weighted by atomic mass is 10.3. The summed E-state index contributed by atoms with van der Waals surface area (Å²) in [5.74, 6) is -2.95. The van der Waals surface area contributed by atoms with E-state index in [2.05, 4.69) is 0 Å². The van der Waals surface area contributed by atoms with Crippen molar-refractivity contribution in [3.8, 4) is 0 Å². The van der Waals surface area contributed by atoms with Gasteiger partial charge in [0.25, 0.3) is 0 Å². The molecule has 1 fully saturated rings. The highest BCUT2D eigenvalue weighted by atomic mass is 16.4. The summed E-state index contributed by atoms with van der Waals surface area (Å²) < 4.78 is 0. The van der Waals surface area contributed by atoms with E-state index in [1.54, 1.807) is 14.7 Å². The zero-order valence-corrected chi connectivity index (χ0v) is 15.9. The molecule has 0 aromatic rings. The van der Waals surface area contributed by atoms with Gasteiger partial charge in [0.05, 0.1) is 19.6 Å². The van der Waals surface area contributed by atoms with E-state index >= 15 is 0 Å². The summed E-state index contributed by atoms with van der Waals surface area (Å²) >= 11 is 0. The van der Waals surface area contributed by atoms with E-state index in [4.69, 9.17) is 21.1 Å². The maximum absolute atomic E-state index is 11.1. The molecule has 1 heterocycles. The fourth-order valence-corrected chi connectivity index (χ4v) is 3.07. The van der Waals surface area contributed by atoms with Gasteiger partial charge in [-0.2, -0.15) is 0 Å². The summed E-state index contributed by atoms with van der Waals surface area (Å²) in [4.78, 5) is 40.3. The molecule has 12 nitrogen and oxygen atoms in total. The van der Waals surface area contributed by atoms with Crippen molar-refractivity contribution in [2.75, 3.05) is 78.5 Å². The van der Waals surface area contributed by atoms with E-state index in [9.17, 15) is 19.5 Å². The number of nitrogens with zero attached hydrogens (tertiary/aromatic N) is 4. The monoisotopic (exact) mass is 405 g/mol. The number of aliphatic carboxylic acids is 3. The molecule has 1 saturated heterocycles. The van der Waals surface area contributed by atoms with Crippen LogP contribution in [0.5, 0.6) is 0 Å². The van der Waals surface area contributed by atoms with Gasteiger partial charge >= 0.3 is 17.9 Å². The number of carbonyl (C=O) groups is 3. The molecule has 1 atom stereocenters. The normalized spacial score (nSPS) is 20.8. The van der Waals surface area contributed by atoms with Crippen molar-refractivity contribution in [3.63, 3.8) is 0 Å². The van der Waals surface area contributed by atoms with E-state index in [0.29, 0.717) is 52.4 Å². The third-order valence-electron chi connectivity index (χ3n) is 4.45. The summed E-state index contributed by atoms with van der Waals surface area (Å²) in [6.45, 7) is 2.74. The van der Waals surface area contributed by atoms with Crippen LogP contribution in [0.25, 0.3) is 0 Å². The summed E-state index contributed by atoms with van der Waals surface area (Å²) in [5.41, 5.74) is 5.47. The number of carboxylic acids is 3. The minimum atomic E-state index is -1.06. The number of β-amino-alcohol motifs (C(OH)–C–C–N with tert-alkyl or cyclic N) is 1. The summed E-state index contributed by atoms with van der Waals surface area (Å²) in [7, 11) is 0. The molecule has 1 aliphatic heterocycles. The van der Waals surface area contributed by atoms with Gasteiger partial charge in [0.1, 0.15) is 6.23 Å². The van der Waals surface area contributed by atoms with Crippen LogP contribution < -0.4 is 5.73 Å². The zero-order chi connectivity index (χ0) is 21.1. The van der Waals surface area contributed by atoms with Gasteiger partial charge in [-0.3, -0.25) is 34.0 Å². The first-order valence-corrected chi connectivity index (χ1v) is 9.14. The van der Waals surface area contributed by atoms with Crippen LogP contribution in [0.2, 0.25) is 0 Å². The Kier molecular flexibility index (Phi) is 10.9. The molecule has 162 valence electrons. The first-order valence-electron chi connectivity index (χ1n) is 9.14. The number of nitrogens with two attached hydrogens (primary N) is 1. The minimum absolute atomic E-state index is 0.176. The van der Waals surface area contributed by atoms with Gasteiger partial charge < -0.3 is 26.2 Å². The number of hydrogen-bond donors (Lipinski definition) is 5. The summed E-state index contributed by atoms with van der Waals surface area (Å²) in [5, 5.41) is 36.8. The Morgan fingerprint density at radius 1 is 0.643 bits per heavy atom. The molecule has 12 heteroatoms. The molecule has 0 spiro atoms. The van der Waals surface area contributed by atoms with Gasteiger partial charge in [-0.15, -0.1) is 0 Å². The molecule has 0 radical (unpaired) electrons. The Morgan fingerprint density at radius 2 is 0.893 bits per heavy atom. The number of carboxylic acid groups (broad SMARTS) is 3. The molecule has 0 aliphatic carbocycles. The molecule has 28 heavy (non-hydrogen) atoms. The Morgan fingerprint density at radius 3 is 1.11 bits per heavy atom. The van der Waals surface area contributed by atoms with Crippen LogP contribution in [0.4, 0.5) is 0 Å². The van der Waals surface area contributed by atoms with E-state index in [-0.39, 0.29) is 26.2 Å². The predicted octanol–water partition coefficient (Wildman–Crippen LogP) is -3.26. The van der Waals surface area contributed by atoms with Crippen molar-refractivity contribution in [3.05, 3.63) is 0 Å². The van der Waals surface area contributed by atoms with Crippen molar-refractivity contribution in [2.45, 2.75) is 6.23 Å². The van der Waals surface area contributed by atoms with Crippen molar-refractivity contribution >= 4 is 17.9 Å². The Balaban J connectivity index is 2.89. The first kappa shape index (κ1) is 24.2. The fraction of sp³-hybridized carbons (Fsp3) is 0.812. The Hall–Kier alpha value is -1.83. The van der Waals surface area contributed by atoms with Gasteiger partial charge in [-0.25, -0.2) is 0 Å². The van der Waals surface area contributed by atoms with E-state index in [1.165, 1.54) is 0 Å². The number of aliphatic hydroxyl groups excluding tert-OH is 1. The highest BCUT2D eigenvalue weighted by Crippen LogP contribution is 2.01. The topological polar surface area (TPSA) is 171 Å². The largest absolute Gasteiger partial charge is 0.480 e. The van der Waals surface area contributed by atoms with Crippen molar-refractivity contribution in [1.29, 1.82) is 0 Å². The molecule has 0 aromatic heterocycles. The third-order valence-corrected chi connectivity index (χ3v) is 4.45. The molecule has 0 amide bonds. The maximum atomic E-state index is 11.1. The SMILES string of the molecule is NC(O)CN1CCN(CC(=O)O)CCN(CC(=O)O)CCN(CC(=O)O)CC1. The maximum Gasteiger partial charge on any atom is 0.317 e. The molecule has 1 unspecified atom stereocenters. The van der Waals surface area contributed by atoms with Gasteiger partial charge in [0.2, 0.25) is 0 Å². The lowest BCUT2D eigenvalue weighted by Gasteiger charge is -2.33. The molecule has 6 N–H and O–H groups in total. The lowest BCUT2D eigenvalue weighted by molar-refractivity contribution is -0.140. The fourth-order valence-electron chi connectivity index (χ4n) is 3.07. The number of aliphatic hydroxyl groups is 1. The molecule has 1 aliphatic rings.